The number of fused-ring (bicyclic) bond motifs is 1. The standard InChI is InChI=1S/C35H34ClIN2O6S/c1-6-42-28-17-22(16-26(37)32(28)44-19-23-12-8-10-14-25(23)36)18-29-33(40)39-31(24-13-9-11-15-27(24)45-20(3)4)30(34(41)43-7-2)21(5)38-35(39)46-29/h8-18,20,31H,6-7,19H2,1-5H3/b29-18-/t31-/m1/s1. The molecule has 0 radical (unpaired) electrons. The molecule has 3 aromatic carbocycles. The molecule has 0 spiro atoms. The number of ether oxygens (including phenoxy) is 4. The minimum atomic E-state index is -0.785. The Balaban J connectivity index is 1.62. The van der Waals surface area contributed by atoms with Crippen LogP contribution in [0, 0.1) is 3.57 Å². The van der Waals surface area contributed by atoms with E-state index in [1.54, 1.807) is 18.4 Å². The van der Waals surface area contributed by atoms with E-state index in [2.05, 4.69) is 22.6 Å². The van der Waals surface area contributed by atoms with Crippen LogP contribution < -0.4 is 29.1 Å². The molecular weight excluding hydrogens is 739 g/mol. The Morgan fingerprint density at radius 1 is 1.07 bits per heavy atom. The molecule has 0 unspecified atom stereocenters. The lowest BCUT2D eigenvalue weighted by atomic mass is 9.95. The van der Waals surface area contributed by atoms with Gasteiger partial charge >= 0.3 is 5.97 Å². The highest BCUT2D eigenvalue weighted by atomic mass is 127. The normalized spacial score (nSPS) is 14.6. The van der Waals surface area contributed by atoms with Crippen LogP contribution >= 0.6 is 45.5 Å². The van der Waals surface area contributed by atoms with Crippen molar-refractivity contribution in [3.8, 4) is 17.2 Å². The lowest BCUT2D eigenvalue weighted by molar-refractivity contribution is -0.139. The van der Waals surface area contributed by atoms with Gasteiger partial charge < -0.3 is 18.9 Å². The summed E-state index contributed by atoms with van der Waals surface area (Å²) in [5, 5.41) is 0.625. The van der Waals surface area contributed by atoms with Crippen LogP contribution in [0.4, 0.5) is 0 Å². The Morgan fingerprint density at radius 2 is 1.80 bits per heavy atom. The average molecular weight is 773 g/mol. The first-order chi connectivity index (χ1) is 22.1. The van der Waals surface area contributed by atoms with Crippen LogP contribution in [-0.2, 0) is 16.1 Å². The van der Waals surface area contributed by atoms with Gasteiger partial charge in [0.15, 0.2) is 16.3 Å². The molecule has 240 valence electrons. The summed E-state index contributed by atoms with van der Waals surface area (Å²) in [4.78, 5) is 32.7. The molecule has 1 aliphatic rings. The molecule has 1 aliphatic heterocycles. The Hall–Kier alpha value is -3.61. The number of carbonyl (C=O) groups is 1. The second-order valence-electron chi connectivity index (χ2n) is 10.6. The molecule has 0 amide bonds. The number of carbonyl (C=O) groups excluding carboxylic acids is 1. The van der Waals surface area contributed by atoms with Gasteiger partial charge in [0.05, 0.1) is 38.7 Å². The summed E-state index contributed by atoms with van der Waals surface area (Å²) in [5.74, 6) is 1.21. The smallest absolute Gasteiger partial charge is 0.338 e. The molecule has 1 atom stereocenters. The fourth-order valence-corrected chi connectivity index (χ4v) is 7.16. The Bertz CT molecular complexity index is 1980. The van der Waals surface area contributed by atoms with Crippen molar-refractivity contribution in [2.24, 2.45) is 4.99 Å². The molecule has 2 heterocycles. The largest absolute Gasteiger partial charge is 0.491 e. The second kappa shape index (κ2) is 14.9. The molecule has 0 fully saturated rings. The van der Waals surface area contributed by atoms with Crippen LogP contribution in [0.3, 0.4) is 0 Å². The second-order valence-corrected chi connectivity index (χ2v) is 13.2. The van der Waals surface area contributed by atoms with Gasteiger partial charge in [-0.05, 0) is 93.1 Å². The van der Waals surface area contributed by atoms with Gasteiger partial charge in [0.25, 0.3) is 5.56 Å². The van der Waals surface area contributed by atoms with E-state index >= 15 is 0 Å². The van der Waals surface area contributed by atoms with E-state index in [1.807, 2.05) is 87.5 Å². The first-order valence-corrected chi connectivity index (χ1v) is 17.2. The minimum absolute atomic E-state index is 0.119. The highest BCUT2D eigenvalue weighted by Gasteiger charge is 2.35. The Kier molecular flexibility index (Phi) is 10.9. The number of hydrogen-bond acceptors (Lipinski definition) is 8. The van der Waals surface area contributed by atoms with Crippen molar-refractivity contribution >= 4 is 57.6 Å². The number of rotatable bonds is 11. The lowest BCUT2D eigenvalue weighted by Crippen LogP contribution is -2.40. The van der Waals surface area contributed by atoms with E-state index in [4.69, 9.17) is 35.5 Å². The zero-order valence-corrected chi connectivity index (χ0v) is 29.9. The number of nitrogens with zero attached hydrogens (tertiary/aromatic N) is 2. The van der Waals surface area contributed by atoms with Gasteiger partial charge in [-0.3, -0.25) is 9.36 Å². The van der Waals surface area contributed by atoms with E-state index in [0.717, 1.165) is 14.7 Å². The van der Waals surface area contributed by atoms with Gasteiger partial charge in [-0.25, -0.2) is 9.79 Å². The van der Waals surface area contributed by atoms with Gasteiger partial charge in [-0.1, -0.05) is 59.3 Å². The summed E-state index contributed by atoms with van der Waals surface area (Å²) in [6.07, 6.45) is 1.69. The maximum atomic E-state index is 14.2. The molecule has 0 N–H and O–H groups in total. The first-order valence-electron chi connectivity index (χ1n) is 14.9. The van der Waals surface area contributed by atoms with Gasteiger partial charge in [0, 0.05) is 16.1 Å². The molecule has 5 rings (SSSR count). The highest BCUT2D eigenvalue weighted by molar-refractivity contribution is 14.1. The minimum Gasteiger partial charge on any atom is -0.491 e. The van der Waals surface area contributed by atoms with E-state index in [9.17, 15) is 9.59 Å². The fourth-order valence-electron chi connectivity index (χ4n) is 5.14. The number of halogens is 2. The van der Waals surface area contributed by atoms with Gasteiger partial charge in [-0.15, -0.1) is 0 Å². The van der Waals surface area contributed by atoms with E-state index in [0.29, 0.717) is 55.0 Å². The predicted octanol–water partition coefficient (Wildman–Crippen LogP) is 6.82. The summed E-state index contributed by atoms with van der Waals surface area (Å²) >= 11 is 9.81. The van der Waals surface area contributed by atoms with Crippen molar-refractivity contribution in [3.05, 3.63) is 117 Å². The molecule has 0 bridgehead atoms. The van der Waals surface area contributed by atoms with Crippen molar-refractivity contribution < 1.29 is 23.7 Å². The predicted molar refractivity (Wildman–Crippen MR) is 189 cm³/mol. The molecule has 4 aromatic rings. The number of esters is 1. The summed E-state index contributed by atoms with van der Waals surface area (Å²) in [6, 6.07) is 18.0. The van der Waals surface area contributed by atoms with Crippen LogP contribution in [-0.4, -0.2) is 29.9 Å². The monoisotopic (exact) mass is 772 g/mol. The third-order valence-corrected chi connectivity index (χ3v) is 9.21. The van der Waals surface area contributed by atoms with Crippen LogP contribution in [0.5, 0.6) is 17.2 Å². The number of benzene rings is 3. The molecule has 0 saturated carbocycles. The van der Waals surface area contributed by atoms with Crippen molar-refractivity contribution in [1.29, 1.82) is 0 Å². The molecule has 8 nitrogen and oxygen atoms in total. The van der Waals surface area contributed by atoms with Crippen molar-refractivity contribution in [2.75, 3.05) is 13.2 Å². The van der Waals surface area contributed by atoms with E-state index < -0.39 is 12.0 Å². The molecular formula is C35H34ClIN2O6S. The SMILES string of the molecule is CCOC(=O)C1=C(C)N=c2s/c(=C\c3cc(I)c(OCc4ccccc4Cl)c(OCC)c3)c(=O)n2[C@@H]1c1ccccc1OC(C)C. The number of para-hydroxylation sites is 1. The summed E-state index contributed by atoms with van der Waals surface area (Å²) in [6.45, 7) is 10.2. The number of allylic oxidation sites excluding steroid dienone is 1. The maximum Gasteiger partial charge on any atom is 0.338 e. The first kappa shape index (κ1) is 33.7. The fraction of sp³-hybridized carbons (Fsp3) is 0.286. The van der Waals surface area contributed by atoms with Crippen LogP contribution in [0.25, 0.3) is 6.08 Å². The third kappa shape index (κ3) is 7.19. The Labute approximate surface area is 290 Å². The summed E-state index contributed by atoms with van der Waals surface area (Å²) < 4.78 is 26.6. The molecule has 0 saturated heterocycles. The van der Waals surface area contributed by atoms with Gasteiger partial charge in [0.2, 0.25) is 0 Å². The molecule has 0 aliphatic carbocycles. The topological polar surface area (TPSA) is 88.4 Å². The highest BCUT2D eigenvalue weighted by Crippen LogP contribution is 2.37. The zero-order chi connectivity index (χ0) is 33.0. The molecule has 46 heavy (non-hydrogen) atoms. The van der Waals surface area contributed by atoms with Crippen LogP contribution in [0.15, 0.2) is 81.7 Å². The zero-order valence-electron chi connectivity index (χ0n) is 26.1. The average Bonchev–Trinajstić information content (AvgIpc) is 3.31. The van der Waals surface area contributed by atoms with Crippen molar-refractivity contribution in [1.82, 2.24) is 4.57 Å². The van der Waals surface area contributed by atoms with Gasteiger partial charge in [-0.2, -0.15) is 0 Å². The van der Waals surface area contributed by atoms with Gasteiger partial charge in [0.1, 0.15) is 18.4 Å². The lowest BCUT2D eigenvalue weighted by Gasteiger charge is -2.26. The van der Waals surface area contributed by atoms with Crippen LogP contribution in [0.1, 0.15) is 57.4 Å². The van der Waals surface area contributed by atoms with E-state index in [1.165, 1.54) is 11.3 Å². The van der Waals surface area contributed by atoms with E-state index in [-0.39, 0.29) is 24.9 Å². The van der Waals surface area contributed by atoms with Crippen molar-refractivity contribution in [3.63, 3.8) is 0 Å². The number of hydrogen-bond donors (Lipinski definition) is 0. The van der Waals surface area contributed by atoms with Crippen molar-refractivity contribution in [2.45, 2.75) is 53.4 Å². The number of thiazole rings is 1. The maximum absolute atomic E-state index is 14.2. The molecule has 11 heteroatoms. The number of aromatic nitrogens is 1. The van der Waals surface area contributed by atoms with Crippen LogP contribution in [0.2, 0.25) is 5.02 Å². The summed E-state index contributed by atoms with van der Waals surface area (Å²) in [5.41, 5.74) is 2.80. The quantitative estimate of drug-likeness (QED) is 0.123. The Morgan fingerprint density at radius 3 is 2.52 bits per heavy atom. The third-order valence-electron chi connectivity index (χ3n) is 7.05. The molecule has 1 aromatic heterocycles. The summed E-state index contributed by atoms with van der Waals surface area (Å²) in [7, 11) is 0.